The molecular formula is C12H15NO. The highest BCUT2D eigenvalue weighted by molar-refractivity contribution is 5.70. The molecule has 0 fully saturated rings. The van der Waals surface area contributed by atoms with Crippen LogP contribution in [0.5, 0.6) is 5.75 Å². The average molecular weight is 189 g/mol. The van der Waals surface area contributed by atoms with Crippen LogP contribution >= 0.6 is 0 Å². The highest BCUT2D eigenvalue weighted by atomic mass is 16.5. The molecule has 0 aromatic heterocycles. The Morgan fingerprint density at radius 3 is 2.71 bits per heavy atom. The number of nitrogens with one attached hydrogen (secondary N) is 1. The van der Waals surface area contributed by atoms with Gasteiger partial charge < -0.3 is 10.1 Å². The molecule has 74 valence electrons. The van der Waals surface area contributed by atoms with Crippen molar-refractivity contribution in [2.45, 2.75) is 0 Å². The van der Waals surface area contributed by atoms with Gasteiger partial charge in [-0.05, 0) is 18.2 Å². The Bertz CT molecular complexity index is 342. The smallest absolute Gasteiger partial charge is 0.128 e. The lowest BCUT2D eigenvalue weighted by Crippen LogP contribution is -2.05. The highest BCUT2D eigenvalue weighted by Gasteiger charge is 2.04. The first kappa shape index (κ1) is 10.4. The Kier molecular flexibility index (Phi) is 3.80. The minimum Gasteiger partial charge on any atom is -0.496 e. The maximum atomic E-state index is 5.26. The van der Waals surface area contributed by atoms with Crippen LogP contribution in [0.2, 0.25) is 0 Å². The van der Waals surface area contributed by atoms with Gasteiger partial charge >= 0.3 is 0 Å². The molecule has 0 spiro atoms. The zero-order valence-electron chi connectivity index (χ0n) is 8.58. The molecule has 0 unspecified atom stereocenters. The van der Waals surface area contributed by atoms with Gasteiger partial charge in [0.05, 0.1) is 7.11 Å². The fourth-order valence-electron chi connectivity index (χ4n) is 1.29. The van der Waals surface area contributed by atoms with Gasteiger partial charge in [0.15, 0.2) is 0 Å². The summed E-state index contributed by atoms with van der Waals surface area (Å²) in [5, 5.41) is 3.10. The Balaban J connectivity index is 3.15. The quantitative estimate of drug-likeness (QED) is 0.734. The van der Waals surface area contributed by atoms with Crippen molar-refractivity contribution < 1.29 is 4.74 Å². The fourth-order valence-corrected chi connectivity index (χ4v) is 1.29. The summed E-state index contributed by atoms with van der Waals surface area (Å²) in [6.07, 6.45) is 3.66. The van der Waals surface area contributed by atoms with Gasteiger partial charge in [-0.3, -0.25) is 0 Å². The van der Waals surface area contributed by atoms with Crippen LogP contribution in [0.1, 0.15) is 5.56 Å². The molecular weight excluding hydrogens is 174 g/mol. The van der Waals surface area contributed by atoms with Gasteiger partial charge in [-0.1, -0.05) is 24.8 Å². The molecule has 0 aliphatic carbocycles. The molecule has 0 aliphatic rings. The summed E-state index contributed by atoms with van der Waals surface area (Å²) in [6, 6.07) is 7.86. The molecule has 1 aromatic carbocycles. The van der Waals surface area contributed by atoms with Crippen LogP contribution in [-0.2, 0) is 0 Å². The first-order chi connectivity index (χ1) is 6.83. The van der Waals surface area contributed by atoms with Crippen LogP contribution in [0.4, 0.5) is 0 Å². The molecule has 0 heterocycles. The number of allylic oxidation sites excluding steroid dienone is 2. The van der Waals surface area contributed by atoms with Crippen molar-refractivity contribution >= 4 is 5.70 Å². The predicted molar refractivity (Wildman–Crippen MR) is 60.2 cm³/mol. The Morgan fingerprint density at radius 2 is 2.14 bits per heavy atom. The second kappa shape index (κ2) is 5.12. The Hall–Kier alpha value is -1.70. The molecule has 2 heteroatoms. The van der Waals surface area contributed by atoms with Gasteiger partial charge in [0.1, 0.15) is 5.75 Å². The fraction of sp³-hybridized carbons (Fsp3) is 0.167. The maximum Gasteiger partial charge on any atom is 0.128 e. The van der Waals surface area contributed by atoms with Crippen molar-refractivity contribution in [3.63, 3.8) is 0 Å². The first-order valence-electron chi connectivity index (χ1n) is 4.47. The standard InChI is InChI=1S/C12H15NO/c1-4-7-11(13-2)10-8-5-6-9-12(10)14-3/h4-9,13H,1H2,2-3H3/b11-7-. The summed E-state index contributed by atoms with van der Waals surface area (Å²) in [4.78, 5) is 0. The van der Waals surface area contributed by atoms with Crippen LogP contribution in [0.3, 0.4) is 0 Å². The first-order valence-corrected chi connectivity index (χ1v) is 4.47. The molecule has 14 heavy (non-hydrogen) atoms. The maximum absolute atomic E-state index is 5.26. The van der Waals surface area contributed by atoms with Gasteiger partial charge in [0.25, 0.3) is 0 Å². The van der Waals surface area contributed by atoms with Crippen molar-refractivity contribution in [1.82, 2.24) is 5.32 Å². The Labute approximate surface area is 84.9 Å². The zero-order valence-corrected chi connectivity index (χ0v) is 8.58. The SMILES string of the molecule is C=C/C=C(\NC)c1ccccc1OC. The highest BCUT2D eigenvalue weighted by Crippen LogP contribution is 2.23. The van der Waals surface area contributed by atoms with Gasteiger partial charge in [-0.25, -0.2) is 0 Å². The molecule has 0 bridgehead atoms. The number of benzene rings is 1. The lowest BCUT2D eigenvalue weighted by Gasteiger charge is -2.10. The number of methoxy groups -OCH3 is 1. The molecule has 1 rings (SSSR count). The third-order valence-electron chi connectivity index (χ3n) is 1.95. The number of hydrogen-bond acceptors (Lipinski definition) is 2. The molecule has 1 N–H and O–H groups in total. The molecule has 0 amide bonds. The van der Waals surface area contributed by atoms with Crippen LogP contribution in [0.15, 0.2) is 43.0 Å². The molecule has 0 saturated carbocycles. The van der Waals surface area contributed by atoms with E-state index in [1.807, 2.05) is 37.4 Å². The van der Waals surface area contributed by atoms with Crippen molar-refractivity contribution in [3.05, 3.63) is 48.6 Å². The largest absolute Gasteiger partial charge is 0.496 e. The lowest BCUT2D eigenvalue weighted by atomic mass is 10.1. The van der Waals surface area contributed by atoms with E-state index < -0.39 is 0 Å². The second-order valence-corrected chi connectivity index (χ2v) is 2.77. The summed E-state index contributed by atoms with van der Waals surface area (Å²) < 4.78 is 5.26. The Morgan fingerprint density at radius 1 is 1.43 bits per heavy atom. The zero-order chi connectivity index (χ0) is 10.4. The molecule has 0 aliphatic heterocycles. The van der Waals surface area contributed by atoms with E-state index in [4.69, 9.17) is 4.74 Å². The molecule has 0 atom stereocenters. The summed E-state index contributed by atoms with van der Waals surface area (Å²) in [5.41, 5.74) is 2.04. The molecule has 1 aromatic rings. The van der Waals surface area contributed by atoms with E-state index in [-0.39, 0.29) is 0 Å². The third-order valence-corrected chi connectivity index (χ3v) is 1.95. The van der Waals surface area contributed by atoms with Crippen LogP contribution in [0.25, 0.3) is 5.70 Å². The number of para-hydroxylation sites is 1. The topological polar surface area (TPSA) is 21.3 Å². The van der Waals surface area contributed by atoms with Crippen molar-refractivity contribution in [2.24, 2.45) is 0 Å². The van der Waals surface area contributed by atoms with E-state index in [2.05, 4.69) is 11.9 Å². The van der Waals surface area contributed by atoms with Crippen molar-refractivity contribution in [3.8, 4) is 5.75 Å². The molecule has 2 nitrogen and oxygen atoms in total. The normalized spacial score (nSPS) is 10.9. The number of ether oxygens (including phenoxy) is 1. The third kappa shape index (κ3) is 2.16. The van der Waals surface area contributed by atoms with Crippen LogP contribution in [0, 0.1) is 0 Å². The van der Waals surface area contributed by atoms with E-state index in [9.17, 15) is 0 Å². The lowest BCUT2D eigenvalue weighted by molar-refractivity contribution is 0.413. The minimum absolute atomic E-state index is 0.856. The van der Waals surface area contributed by atoms with E-state index in [0.717, 1.165) is 17.0 Å². The van der Waals surface area contributed by atoms with Gasteiger partial charge in [0, 0.05) is 18.3 Å². The summed E-state index contributed by atoms with van der Waals surface area (Å²) >= 11 is 0. The second-order valence-electron chi connectivity index (χ2n) is 2.77. The molecule has 0 radical (unpaired) electrons. The average Bonchev–Trinajstić information content (AvgIpc) is 2.26. The summed E-state index contributed by atoms with van der Waals surface area (Å²) in [7, 11) is 3.54. The number of hydrogen-bond donors (Lipinski definition) is 1. The summed E-state index contributed by atoms with van der Waals surface area (Å²) in [5.74, 6) is 0.856. The van der Waals surface area contributed by atoms with Crippen molar-refractivity contribution in [1.29, 1.82) is 0 Å². The number of rotatable bonds is 4. The van der Waals surface area contributed by atoms with Crippen molar-refractivity contribution in [2.75, 3.05) is 14.2 Å². The monoisotopic (exact) mass is 189 g/mol. The van der Waals surface area contributed by atoms with E-state index >= 15 is 0 Å². The van der Waals surface area contributed by atoms with Crippen LogP contribution < -0.4 is 10.1 Å². The minimum atomic E-state index is 0.856. The van der Waals surface area contributed by atoms with E-state index in [1.165, 1.54) is 0 Å². The van der Waals surface area contributed by atoms with Gasteiger partial charge in [0.2, 0.25) is 0 Å². The van der Waals surface area contributed by atoms with E-state index in [1.54, 1.807) is 13.2 Å². The predicted octanol–water partition coefficient (Wildman–Crippen LogP) is 2.44. The van der Waals surface area contributed by atoms with Gasteiger partial charge in [-0.15, -0.1) is 0 Å². The van der Waals surface area contributed by atoms with Crippen LogP contribution in [-0.4, -0.2) is 14.2 Å². The van der Waals surface area contributed by atoms with Gasteiger partial charge in [-0.2, -0.15) is 0 Å². The molecule has 0 saturated heterocycles. The van der Waals surface area contributed by atoms with E-state index in [0.29, 0.717) is 0 Å². The summed E-state index contributed by atoms with van der Waals surface area (Å²) in [6.45, 7) is 3.67.